The summed E-state index contributed by atoms with van der Waals surface area (Å²) in [6, 6.07) is 11.1. The van der Waals surface area contributed by atoms with E-state index < -0.39 is 0 Å². The van der Waals surface area contributed by atoms with Crippen LogP contribution in [0.4, 0.5) is 5.69 Å². The standard InChI is InChI=1S/C26H28Cl2N4O3/c1-17-3-7-22(24(13-17)35-2)26(34)31-11-9-21(10-12-31)32-16-20(15-29-32)30-25(33)8-5-18-4-6-19(27)14-23(18)28/h3-4,6-7,13-16,21H,5,8-12H2,1-2H3,(H,30,33). The van der Waals surface area contributed by atoms with E-state index >= 15 is 0 Å². The molecule has 184 valence electrons. The summed E-state index contributed by atoms with van der Waals surface area (Å²) in [4.78, 5) is 27.3. The molecular formula is C26H28Cl2N4O3. The Morgan fingerprint density at radius 3 is 2.63 bits per heavy atom. The fourth-order valence-electron chi connectivity index (χ4n) is 4.28. The molecule has 4 rings (SSSR count). The van der Waals surface area contributed by atoms with Crippen LogP contribution in [-0.4, -0.2) is 46.7 Å². The fraction of sp³-hybridized carbons (Fsp3) is 0.346. The number of nitrogens with zero attached hydrogens (tertiary/aromatic N) is 3. The highest BCUT2D eigenvalue weighted by Gasteiger charge is 2.26. The van der Waals surface area contributed by atoms with Gasteiger partial charge in [-0.05, 0) is 61.6 Å². The second kappa shape index (κ2) is 11.1. The highest BCUT2D eigenvalue weighted by atomic mass is 35.5. The van der Waals surface area contributed by atoms with Gasteiger partial charge in [-0.15, -0.1) is 0 Å². The van der Waals surface area contributed by atoms with Crippen molar-refractivity contribution in [2.45, 2.75) is 38.6 Å². The van der Waals surface area contributed by atoms with E-state index in [1.54, 1.807) is 25.4 Å². The zero-order valence-electron chi connectivity index (χ0n) is 19.8. The van der Waals surface area contributed by atoms with E-state index in [9.17, 15) is 9.59 Å². The summed E-state index contributed by atoms with van der Waals surface area (Å²) in [6.45, 7) is 3.23. The quantitative estimate of drug-likeness (QED) is 0.447. The number of nitrogens with one attached hydrogen (secondary N) is 1. The van der Waals surface area contributed by atoms with E-state index in [0.717, 1.165) is 24.0 Å². The van der Waals surface area contributed by atoms with Crippen molar-refractivity contribution in [1.82, 2.24) is 14.7 Å². The minimum Gasteiger partial charge on any atom is -0.496 e. The van der Waals surface area contributed by atoms with Gasteiger partial charge in [0.1, 0.15) is 5.75 Å². The second-order valence-corrected chi connectivity index (χ2v) is 9.56. The largest absolute Gasteiger partial charge is 0.496 e. The number of rotatable bonds is 7. The number of ether oxygens (including phenoxy) is 1. The van der Waals surface area contributed by atoms with Crippen LogP contribution in [0.3, 0.4) is 0 Å². The summed E-state index contributed by atoms with van der Waals surface area (Å²) < 4.78 is 7.28. The van der Waals surface area contributed by atoms with Gasteiger partial charge in [-0.2, -0.15) is 5.10 Å². The van der Waals surface area contributed by atoms with E-state index in [1.807, 2.05) is 47.0 Å². The number of benzene rings is 2. The maximum absolute atomic E-state index is 13.0. The number of halogens is 2. The molecule has 0 atom stereocenters. The first-order valence-electron chi connectivity index (χ1n) is 11.6. The number of hydrogen-bond acceptors (Lipinski definition) is 4. The average molecular weight is 515 g/mol. The Balaban J connectivity index is 1.29. The van der Waals surface area contributed by atoms with Crippen molar-refractivity contribution in [1.29, 1.82) is 0 Å². The van der Waals surface area contributed by atoms with Gasteiger partial charge in [0.2, 0.25) is 5.91 Å². The third kappa shape index (κ3) is 6.16. The normalized spacial score (nSPS) is 14.1. The van der Waals surface area contributed by atoms with E-state index in [4.69, 9.17) is 27.9 Å². The van der Waals surface area contributed by atoms with Crippen molar-refractivity contribution in [3.63, 3.8) is 0 Å². The third-order valence-electron chi connectivity index (χ3n) is 6.24. The van der Waals surface area contributed by atoms with E-state index in [2.05, 4.69) is 10.4 Å². The molecule has 0 saturated carbocycles. The van der Waals surface area contributed by atoms with Gasteiger partial charge in [-0.3, -0.25) is 14.3 Å². The molecule has 0 spiro atoms. The van der Waals surface area contributed by atoms with Gasteiger partial charge in [0.15, 0.2) is 0 Å². The molecule has 2 amide bonds. The second-order valence-electron chi connectivity index (χ2n) is 8.72. The number of piperidine rings is 1. The highest BCUT2D eigenvalue weighted by Crippen LogP contribution is 2.27. The summed E-state index contributed by atoms with van der Waals surface area (Å²) in [6.07, 6.45) is 5.89. The summed E-state index contributed by atoms with van der Waals surface area (Å²) >= 11 is 12.1. The fourth-order valence-corrected chi connectivity index (χ4v) is 4.78. The molecule has 3 aromatic rings. The molecule has 1 aromatic heterocycles. The van der Waals surface area contributed by atoms with Crippen molar-refractivity contribution in [3.05, 3.63) is 75.5 Å². The number of carbonyl (C=O) groups is 2. The topological polar surface area (TPSA) is 76.5 Å². The minimum atomic E-state index is -0.108. The molecule has 1 N–H and O–H groups in total. The summed E-state index contributed by atoms with van der Waals surface area (Å²) in [5.74, 6) is 0.473. The van der Waals surface area contributed by atoms with Crippen LogP contribution >= 0.6 is 23.2 Å². The molecule has 7 nitrogen and oxygen atoms in total. The SMILES string of the molecule is COc1cc(C)ccc1C(=O)N1CCC(n2cc(NC(=O)CCc3ccc(Cl)cc3Cl)cn2)CC1. The Kier molecular flexibility index (Phi) is 7.98. The Hall–Kier alpha value is -3.03. The maximum Gasteiger partial charge on any atom is 0.257 e. The summed E-state index contributed by atoms with van der Waals surface area (Å²) in [5.41, 5.74) is 3.17. The lowest BCUT2D eigenvalue weighted by Crippen LogP contribution is -2.39. The molecule has 0 unspecified atom stereocenters. The van der Waals surface area contributed by atoms with Crippen molar-refractivity contribution >= 4 is 40.7 Å². The third-order valence-corrected chi connectivity index (χ3v) is 6.82. The van der Waals surface area contributed by atoms with E-state index in [1.165, 1.54) is 0 Å². The molecular weight excluding hydrogens is 487 g/mol. The van der Waals surface area contributed by atoms with Crippen LogP contribution in [0.2, 0.25) is 10.0 Å². The van der Waals surface area contributed by atoms with Gasteiger partial charge in [-0.1, -0.05) is 35.3 Å². The first-order valence-corrected chi connectivity index (χ1v) is 12.3. The summed E-state index contributed by atoms with van der Waals surface area (Å²) in [5, 5.41) is 8.47. The molecule has 0 bridgehead atoms. The molecule has 2 heterocycles. The Bertz CT molecular complexity index is 1220. The molecule has 1 aliphatic rings. The number of hydrogen-bond donors (Lipinski definition) is 1. The number of aryl methyl sites for hydroxylation is 2. The molecule has 0 aliphatic carbocycles. The number of methoxy groups -OCH3 is 1. The lowest BCUT2D eigenvalue weighted by Gasteiger charge is -2.32. The van der Waals surface area contributed by atoms with E-state index in [0.29, 0.717) is 53.0 Å². The first kappa shape index (κ1) is 25.1. The maximum atomic E-state index is 13.0. The number of carbonyl (C=O) groups excluding carboxylic acids is 2. The Labute approximate surface area is 215 Å². The molecule has 9 heteroatoms. The van der Waals surface area contributed by atoms with Gasteiger partial charge < -0.3 is 15.0 Å². The Morgan fingerprint density at radius 2 is 1.91 bits per heavy atom. The number of anilines is 1. The number of amides is 2. The van der Waals surface area contributed by atoms with Gasteiger partial charge in [-0.25, -0.2) is 0 Å². The predicted octanol–water partition coefficient (Wildman–Crippen LogP) is 5.56. The average Bonchev–Trinajstić information content (AvgIpc) is 3.31. The zero-order chi connectivity index (χ0) is 24.9. The van der Waals surface area contributed by atoms with Crippen LogP contribution in [0.15, 0.2) is 48.8 Å². The molecule has 0 radical (unpaired) electrons. The lowest BCUT2D eigenvalue weighted by atomic mass is 10.0. The lowest BCUT2D eigenvalue weighted by molar-refractivity contribution is -0.116. The number of likely N-dealkylation sites (tertiary alicyclic amines) is 1. The zero-order valence-corrected chi connectivity index (χ0v) is 21.3. The number of aromatic nitrogens is 2. The molecule has 1 aliphatic heterocycles. The molecule has 2 aromatic carbocycles. The summed E-state index contributed by atoms with van der Waals surface area (Å²) in [7, 11) is 1.58. The monoisotopic (exact) mass is 514 g/mol. The molecule has 1 fully saturated rings. The van der Waals surface area contributed by atoms with Crippen LogP contribution in [0.25, 0.3) is 0 Å². The molecule has 1 saturated heterocycles. The predicted molar refractivity (Wildman–Crippen MR) is 138 cm³/mol. The van der Waals surface area contributed by atoms with Crippen molar-refractivity contribution in [2.75, 3.05) is 25.5 Å². The van der Waals surface area contributed by atoms with Crippen LogP contribution in [0, 0.1) is 6.92 Å². The van der Waals surface area contributed by atoms with Crippen LogP contribution in [0.1, 0.15) is 46.8 Å². The highest BCUT2D eigenvalue weighted by molar-refractivity contribution is 6.35. The van der Waals surface area contributed by atoms with Crippen LogP contribution in [-0.2, 0) is 11.2 Å². The Morgan fingerprint density at radius 1 is 1.14 bits per heavy atom. The van der Waals surface area contributed by atoms with Gasteiger partial charge in [0, 0.05) is 35.8 Å². The minimum absolute atomic E-state index is 0.0190. The van der Waals surface area contributed by atoms with Crippen LogP contribution < -0.4 is 10.1 Å². The van der Waals surface area contributed by atoms with E-state index in [-0.39, 0.29) is 17.9 Å². The van der Waals surface area contributed by atoms with Gasteiger partial charge in [0.05, 0.1) is 30.6 Å². The first-order chi connectivity index (χ1) is 16.8. The smallest absolute Gasteiger partial charge is 0.257 e. The van der Waals surface area contributed by atoms with Crippen molar-refractivity contribution in [2.24, 2.45) is 0 Å². The van der Waals surface area contributed by atoms with Gasteiger partial charge >= 0.3 is 0 Å². The van der Waals surface area contributed by atoms with Gasteiger partial charge in [0.25, 0.3) is 5.91 Å². The van der Waals surface area contributed by atoms with Crippen LogP contribution in [0.5, 0.6) is 5.75 Å². The van der Waals surface area contributed by atoms with Crippen molar-refractivity contribution < 1.29 is 14.3 Å². The van der Waals surface area contributed by atoms with Crippen molar-refractivity contribution in [3.8, 4) is 5.75 Å². The molecule has 35 heavy (non-hydrogen) atoms.